The Labute approximate surface area is 159 Å². The third-order valence-corrected chi connectivity index (χ3v) is 5.90. The van der Waals surface area contributed by atoms with Crippen LogP contribution in [0.2, 0.25) is 0 Å². The van der Waals surface area contributed by atoms with E-state index in [2.05, 4.69) is 0 Å². The fourth-order valence-electron chi connectivity index (χ4n) is 4.50. The molecule has 4 unspecified atom stereocenters. The summed E-state index contributed by atoms with van der Waals surface area (Å²) < 4.78 is 27.8. The third kappa shape index (κ3) is 3.75. The number of rotatable bonds is 4. The molecule has 0 aromatic rings. The molecule has 4 atom stereocenters. The zero-order chi connectivity index (χ0) is 19.6. The van der Waals surface area contributed by atoms with Gasteiger partial charge in [-0.05, 0) is 25.2 Å². The number of ether oxygens (including phenoxy) is 5. The number of hydrogen-bond acceptors (Lipinski definition) is 7. The Morgan fingerprint density at radius 2 is 1.63 bits per heavy atom. The molecule has 0 aromatic heterocycles. The van der Waals surface area contributed by atoms with Crippen LogP contribution < -0.4 is 0 Å². The molecule has 2 aliphatic carbocycles. The van der Waals surface area contributed by atoms with Crippen molar-refractivity contribution in [1.29, 1.82) is 0 Å². The molecule has 0 saturated heterocycles. The van der Waals surface area contributed by atoms with Crippen molar-refractivity contribution >= 4 is 11.6 Å². The predicted molar refractivity (Wildman–Crippen MR) is 95.7 cm³/mol. The number of ketones is 2. The van der Waals surface area contributed by atoms with Crippen LogP contribution in [-0.4, -0.2) is 58.8 Å². The number of methoxy groups -OCH3 is 4. The van der Waals surface area contributed by atoms with E-state index in [0.717, 1.165) is 0 Å². The molecule has 0 radical (unpaired) electrons. The Balaban J connectivity index is 2.01. The van der Waals surface area contributed by atoms with Crippen molar-refractivity contribution in [2.45, 2.75) is 44.3 Å². The van der Waals surface area contributed by atoms with Crippen LogP contribution in [0.15, 0.2) is 22.9 Å². The van der Waals surface area contributed by atoms with E-state index >= 15 is 0 Å². The molecular formula is C20H28O7. The Morgan fingerprint density at radius 3 is 2.26 bits per heavy atom. The Morgan fingerprint density at radius 1 is 0.926 bits per heavy atom. The number of Topliss-reactive ketones (excluding diaryl/α,β-unsaturated/α-hetero) is 2. The van der Waals surface area contributed by atoms with Crippen LogP contribution >= 0.6 is 0 Å². The highest BCUT2D eigenvalue weighted by Crippen LogP contribution is 2.42. The first-order valence-corrected chi connectivity index (χ1v) is 9.32. The summed E-state index contributed by atoms with van der Waals surface area (Å²) >= 11 is 0. The number of allylic oxidation sites excluding steroid dienone is 2. The number of carbonyl (C=O) groups excluding carboxylic acids is 2. The summed E-state index contributed by atoms with van der Waals surface area (Å²) in [6.07, 6.45) is 2.24. The lowest BCUT2D eigenvalue weighted by atomic mass is 9.70. The fraction of sp³-hybridized carbons (Fsp3) is 0.700. The summed E-state index contributed by atoms with van der Waals surface area (Å²) in [6.45, 7) is -0.0788. The van der Waals surface area contributed by atoms with Gasteiger partial charge in [0.05, 0.1) is 26.4 Å². The third-order valence-electron chi connectivity index (χ3n) is 5.90. The molecule has 0 aromatic carbocycles. The minimum atomic E-state index is -0.292. The van der Waals surface area contributed by atoms with Gasteiger partial charge in [0.25, 0.3) is 0 Å². The first-order valence-electron chi connectivity index (χ1n) is 9.32. The van der Waals surface area contributed by atoms with Crippen molar-refractivity contribution in [3.63, 3.8) is 0 Å². The number of hydrogen-bond donors (Lipinski definition) is 0. The van der Waals surface area contributed by atoms with E-state index in [1.165, 1.54) is 7.11 Å². The highest BCUT2D eigenvalue weighted by molar-refractivity contribution is 5.99. The SMILES string of the molecule is COC1=C(OC)C2=C(CC1)C(=O)C1CC(OC)C(OC)CC1CC(=O)CO2. The molecule has 150 valence electrons. The molecule has 7 nitrogen and oxygen atoms in total. The summed E-state index contributed by atoms with van der Waals surface area (Å²) in [7, 11) is 6.35. The van der Waals surface area contributed by atoms with Crippen LogP contribution in [0.3, 0.4) is 0 Å². The van der Waals surface area contributed by atoms with E-state index in [1.54, 1.807) is 21.3 Å². The topological polar surface area (TPSA) is 80.3 Å². The molecule has 0 amide bonds. The van der Waals surface area contributed by atoms with Crippen molar-refractivity contribution in [2.24, 2.45) is 11.8 Å². The second-order valence-electron chi connectivity index (χ2n) is 7.25. The molecule has 1 heterocycles. The lowest BCUT2D eigenvalue weighted by molar-refractivity contribution is -0.134. The summed E-state index contributed by atoms with van der Waals surface area (Å²) in [5, 5.41) is 0. The van der Waals surface area contributed by atoms with Crippen LogP contribution in [0.1, 0.15) is 32.1 Å². The van der Waals surface area contributed by atoms with Crippen molar-refractivity contribution in [2.75, 3.05) is 35.0 Å². The van der Waals surface area contributed by atoms with E-state index in [0.29, 0.717) is 55.0 Å². The van der Waals surface area contributed by atoms with Gasteiger partial charge in [-0.25, -0.2) is 0 Å². The van der Waals surface area contributed by atoms with E-state index < -0.39 is 0 Å². The van der Waals surface area contributed by atoms with Crippen molar-refractivity contribution in [1.82, 2.24) is 0 Å². The summed E-state index contributed by atoms with van der Waals surface area (Å²) in [4.78, 5) is 26.0. The second-order valence-corrected chi connectivity index (χ2v) is 7.25. The van der Waals surface area contributed by atoms with Crippen LogP contribution in [-0.2, 0) is 33.3 Å². The fourth-order valence-corrected chi connectivity index (χ4v) is 4.50. The molecule has 3 aliphatic rings. The average Bonchev–Trinajstić information content (AvgIpc) is 2.74. The first-order chi connectivity index (χ1) is 13.0. The highest BCUT2D eigenvalue weighted by atomic mass is 16.5. The molecule has 0 N–H and O–H groups in total. The summed E-state index contributed by atoms with van der Waals surface area (Å²) in [5.41, 5.74) is 0.586. The maximum absolute atomic E-state index is 13.5. The Hall–Kier alpha value is -1.86. The van der Waals surface area contributed by atoms with E-state index in [-0.39, 0.29) is 42.2 Å². The second kappa shape index (κ2) is 8.44. The van der Waals surface area contributed by atoms with Crippen molar-refractivity contribution < 1.29 is 33.3 Å². The molecule has 3 rings (SSSR count). The standard InChI is InChI=1S/C20H28O7/c1-23-15-6-5-13-18(22)14-9-17(25-3)16(24-2)8-11(14)7-12(21)10-27-19(13)20(15)26-4/h11,14,16-17H,5-10H2,1-4H3. The molecular weight excluding hydrogens is 352 g/mol. The molecule has 1 aliphatic heterocycles. The average molecular weight is 380 g/mol. The summed E-state index contributed by atoms with van der Waals surface area (Å²) in [6, 6.07) is 0. The summed E-state index contributed by atoms with van der Waals surface area (Å²) in [5.74, 6) is 1.01. The molecule has 1 saturated carbocycles. The van der Waals surface area contributed by atoms with Crippen LogP contribution in [0, 0.1) is 11.8 Å². The van der Waals surface area contributed by atoms with Crippen LogP contribution in [0.4, 0.5) is 0 Å². The van der Waals surface area contributed by atoms with Gasteiger partial charge < -0.3 is 23.7 Å². The maximum atomic E-state index is 13.5. The Kier molecular flexibility index (Phi) is 6.22. The smallest absolute Gasteiger partial charge is 0.199 e. The number of fused-ring (bicyclic) bond motifs is 1. The van der Waals surface area contributed by atoms with Crippen LogP contribution in [0.25, 0.3) is 0 Å². The predicted octanol–water partition coefficient (Wildman–Crippen LogP) is 2.15. The van der Waals surface area contributed by atoms with Gasteiger partial charge >= 0.3 is 0 Å². The quantitative estimate of drug-likeness (QED) is 0.739. The van der Waals surface area contributed by atoms with Gasteiger partial charge in [-0.2, -0.15) is 0 Å². The van der Waals surface area contributed by atoms with Gasteiger partial charge in [0.15, 0.2) is 23.1 Å². The van der Waals surface area contributed by atoms with Gasteiger partial charge in [-0.1, -0.05) is 0 Å². The van der Waals surface area contributed by atoms with E-state index in [4.69, 9.17) is 23.7 Å². The largest absolute Gasteiger partial charge is 0.497 e. The lowest BCUT2D eigenvalue weighted by Gasteiger charge is -2.39. The minimum absolute atomic E-state index is 0.0195. The van der Waals surface area contributed by atoms with Gasteiger partial charge in [0, 0.05) is 38.6 Å². The van der Waals surface area contributed by atoms with Gasteiger partial charge in [0.1, 0.15) is 12.4 Å². The van der Waals surface area contributed by atoms with E-state index in [9.17, 15) is 9.59 Å². The zero-order valence-corrected chi connectivity index (χ0v) is 16.4. The highest BCUT2D eigenvalue weighted by Gasteiger charge is 2.44. The maximum Gasteiger partial charge on any atom is 0.199 e. The van der Waals surface area contributed by atoms with Crippen molar-refractivity contribution in [3.05, 3.63) is 22.9 Å². The molecule has 27 heavy (non-hydrogen) atoms. The molecule has 0 spiro atoms. The van der Waals surface area contributed by atoms with Gasteiger partial charge in [-0.3, -0.25) is 9.59 Å². The first kappa shape index (κ1) is 19.9. The monoisotopic (exact) mass is 380 g/mol. The minimum Gasteiger partial charge on any atom is -0.497 e. The van der Waals surface area contributed by atoms with E-state index in [1.807, 2.05) is 0 Å². The van der Waals surface area contributed by atoms with Crippen molar-refractivity contribution in [3.8, 4) is 0 Å². The molecule has 7 heteroatoms. The molecule has 0 bridgehead atoms. The molecule has 1 fully saturated rings. The van der Waals surface area contributed by atoms with Gasteiger partial charge in [-0.15, -0.1) is 0 Å². The Bertz CT molecular complexity index is 663. The lowest BCUT2D eigenvalue weighted by Crippen LogP contribution is -2.44. The van der Waals surface area contributed by atoms with Crippen LogP contribution in [0.5, 0.6) is 0 Å². The van der Waals surface area contributed by atoms with Gasteiger partial charge in [0.2, 0.25) is 0 Å². The zero-order valence-electron chi connectivity index (χ0n) is 16.4. The normalized spacial score (nSPS) is 32.0. The number of carbonyl (C=O) groups is 2.